The van der Waals surface area contributed by atoms with Gasteiger partial charge in [0.1, 0.15) is 5.82 Å². The fourth-order valence-corrected chi connectivity index (χ4v) is 2.39. The molecule has 0 amide bonds. The van der Waals surface area contributed by atoms with E-state index in [9.17, 15) is 4.39 Å². The normalized spacial score (nSPS) is 11.1. The minimum absolute atomic E-state index is 0.244. The average molecular weight is 320 g/mol. The van der Waals surface area contributed by atoms with Crippen molar-refractivity contribution in [1.82, 2.24) is 9.38 Å². The zero-order valence-electron chi connectivity index (χ0n) is 9.98. The number of aromatic nitrogens is 2. The Morgan fingerprint density at radius 2 is 2.11 bits per heavy atom. The van der Waals surface area contributed by atoms with Crippen LogP contribution in [0.5, 0.6) is 0 Å². The second kappa shape index (κ2) is 4.75. The van der Waals surface area contributed by atoms with Crippen LogP contribution in [0.1, 0.15) is 5.69 Å². The first-order chi connectivity index (χ1) is 9.17. The number of fused-ring (bicyclic) bond motifs is 1. The molecule has 0 bridgehead atoms. The molecule has 3 rings (SSSR count). The molecule has 2 aromatic heterocycles. The van der Waals surface area contributed by atoms with E-state index in [2.05, 4.69) is 20.9 Å². The smallest absolute Gasteiger partial charge is 0.131 e. The van der Waals surface area contributed by atoms with Crippen LogP contribution >= 0.6 is 15.9 Å². The topological polar surface area (TPSA) is 43.3 Å². The molecule has 0 saturated heterocycles. The van der Waals surface area contributed by atoms with Gasteiger partial charge in [-0.3, -0.25) is 0 Å². The van der Waals surface area contributed by atoms with Gasteiger partial charge in [0.25, 0.3) is 0 Å². The highest BCUT2D eigenvalue weighted by atomic mass is 79.9. The van der Waals surface area contributed by atoms with Crippen LogP contribution in [0.3, 0.4) is 0 Å². The van der Waals surface area contributed by atoms with E-state index < -0.39 is 0 Å². The lowest BCUT2D eigenvalue weighted by molar-refractivity contribution is 0.631. The van der Waals surface area contributed by atoms with Gasteiger partial charge in [-0.1, -0.05) is 15.9 Å². The molecule has 0 aliphatic heterocycles. The summed E-state index contributed by atoms with van der Waals surface area (Å²) in [6.45, 7) is 0.391. The third-order valence-electron chi connectivity index (χ3n) is 2.99. The summed E-state index contributed by atoms with van der Waals surface area (Å²) in [4.78, 5) is 4.21. The Bertz CT molecular complexity index is 752. The minimum Gasteiger partial charge on any atom is -0.325 e. The van der Waals surface area contributed by atoms with Crippen LogP contribution in [0.15, 0.2) is 47.3 Å². The maximum atomic E-state index is 13.9. The molecule has 2 N–H and O–H groups in total. The van der Waals surface area contributed by atoms with E-state index in [0.29, 0.717) is 12.1 Å². The standard InChI is InChI=1S/C14H11BrFN3/c15-10-1-2-14(16)13(4-10)9-3-12-5-11(6-17)18-8-19(12)7-9/h1-5,7-8H,6,17H2. The SMILES string of the molecule is NCc1cc2cc(-c3cc(Br)ccc3F)cn2cn1. The van der Waals surface area contributed by atoms with E-state index >= 15 is 0 Å². The van der Waals surface area contributed by atoms with Crippen molar-refractivity contribution in [2.75, 3.05) is 0 Å². The van der Waals surface area contributed by atoms with Gasteiger partial charge in [-0.2, -0.15) is 0 Å². The molecule has 3 nitrogen and oxygen atoms in total. The van der Waals surface area contributed by atoms with Gasteiger partial charge in [0, 0.05) is 33.9 Å². The highest BCUT2D eigenvalue weighted by Gasteiger charge is 2.09. The molecule has 0 atom stereocenters. The second-order valence-electron chi connectivity index (χ2n) is 4.27. The van der Waals surface area contributed by atoms with Gasteiger partial charge in [0.15, 0.2) is 0 Å². The second-order valence-corrected chi connectivity index (χ2v) is 5.19. The number of nitrogens with two attached hydrogens (primary N) is 1. The summed E-state index contributed by atoms with van der Waals surface area (Å²) in [7, 11) is 0. The summed E-state index contributed by atoms with van der Waals surface area (Å²) >= 11 is 3.36. The van der Waals surface area contributed by atoms with Crippen molar-refractivity contribution >= 4 is 21.4 Å². The Morgan fingerprint density at radius 1 is 1.26 bits per heavy atom. The molecule has 3 aromatic rings. The zero-order chi connectivity index (χ0) is 13.4. The maximum Gasteiger partial charge on any atom is 0.131 e. The molecule has 0 spiro atoms. The van der Waals surface area contributed by atoms with Crippen LogP contribution in [0.4, 0.5) is 4.39 Å². The van der Waals surface area contributed by atoms with E-state index in [0.717, 1.165) is 21.2 Å². The number of halogens is 2. The molecule has 1 aromatic carbocycles. The zero-order valence-corrected chi connectivity index (χ0v) is 11.6. The number of hydrogen-bond donors (Lipinski definition) is 1. The Hall–Kier alpha value is -1.72. The predicted octanol–water partition coefficient (Wildman–Crippen LogP) is 3.36. The van der Waals surface area contributed by atoms with Gasteiger partial charge >= 0.3 is 0 Å². The summed E-state index contributed by atoms with van der Waals surface area (Å²) in [5, 5.41) is 0. The fourth-order valence-electron chi connectivity index (χ4n) is 2.03. The number of nitrogens with zero attached hydrogens (tertiary/aromatic N) is 2. The molecule has 0 saturated carbocycles. The minimum atomic E-state index is -0.244. The van der Waals surface area contributed by atoms with Crippen LogP contribution in [0.2, 0.25) is 0 Å². The first-order valence-electron chi connectivity index (χ1n) is 5.79. The molecule has 0 unspecified atom stereocenters. The molecule has 0 aliphatic carbocycles. The van der Waals surface area contributed by atoms with Crippen molar-refractivity contribution in [3.05, 3.63) is 58.8 Å². The Kier molecular flexibility index (Phi) is 3.08. The molecule has 0 radical (unpaired) electrons. The van der Waals surface area contributed by atoms with Gasteiger partial charge in [0.2, 0.25) is 0 Å². The molecular weight excluding hydrogens is 309 g/mol. The average Bonchev–Trinajstić information content (AvgIpc) is 2.83. The predicted molar refractivity (Wildman–Crippen MR) is 76.2 cm³/mol. The van der Waals surface area contributed by atoms with Crippen molar-refractivity contribution in [2.45, 2.75) is 6.54 Å². The highest BCUT2D eigenvalue weighted by Crippen LogP contribution is 2.28. The van der Waals surface area contributed by atoms with Crippen LogP contribution in [-0.2, 0) is 6.54 Å². The third kappa shape index (κ3) is 2.27. The van der Waals surface area contributed by atoms with Crippen molar-refractivity contribution < 1.29 is 4.39 Å². The molecule has 19 heavy (non-hydrogen) atoms. The van der Waals surface area contributed by atoms with E-state index in [-0.39, 0.29) is 5.82 Å². The fraction of sp³-hybridized carbons (Fsp3) is 0.0714. The number of benzene rings is 1. The summed E-state index contributed by atoms with van der Waals surface area (Å²) < 4.78 is 16.6. The van der Waals surface area contributed by atoms with E-state index in [4.69, 9.17) is 5.73 Å². The third-order valence-corrected chi connectivity index (χ3v) is 3.48. The van der Waals surface area contributed by atoms with Gasteiger partial charge in [-0.15, -0.1) is 0 Å². The highest BCUT2D eigenvalue weighted by molar-refractivity contribution is 9.10. The van der Waals surface area contributed by atoms with Gasteiger partial charge in [-0.05, 0) is 30.3 Å². The Labute approximate surface area is 118 Å². The largest absolute Gasteiger partial charge is 0.325 e. The molecule has 2 heterocycles. The lowest BCUT2D eigenvalue weighted by atomic mass is 10.1. The van der Waals surface area contributed by atoms with Gasteiger partial charge in [-0.25, -0.2) is 9.37 Å². The lowest BCUT2D eigenvalue weighted by Gasteiger charge is -2.00. The summed E-state index contributed by atoms with van der Waals surface area (Å²) in [5.74, 6) is -0.244. The number of hydrogen-bond acceptors (Lipinski definition) is 2. The first-order valence-corrected chi connectivity index (χ1v) is 6.59. The summed E-state index contributed by atoms with van der Waals surface area (Å²) in [6, 6.07) is 8.72. The monoisotopic (exact) mass is 319 g/mol. The maximum absolute atomic E-state index is 13.9. The molecular formula is C14H11BrFN3. The van der Waals surface area contributed by atoms with E-state index in [1.165, 1.54) is 6.07 Å². The first kappa shape index (κ1) is 12.3. The molecule has 5 heteroatoms. The van der Waals surface area contributed by atoms with E-state index in [1.54, 1.807) is 18.5 Å². The van der Waals surface area contributed by atoms with Crippen LogP contribution < -0.4 is 5.73 Å². The van der Waals surface area contributed by atoms with Crippen LogP contribution in [-0.4, -0.2) is 9.38 Å². The Morgan fingerprint density at radius 3 is 2.89 bits per heavy atom. The molecule has 0 fully saturated rings. The Balaban J connectivity index is 2.17. The molecule has 96 valence electrons. The summed E-state index contributed by atoms with van der Waals surface area (Å²) in [5.41, 5.74) is 8.70. The van der Waals surface area contributed by atoms with E-state index in [1.807, 2.05) is 22.7 Å². The molecule has 0 aliphatic rings. The van der Waals surface area contributed by atoms with Crippen molar-refractivity contribution in [1.29, 1.82) is 0 Å². The van der Waals surface area contributed by atoms with Gasteiger partial charge in [0.05, 0.1) is 12.0 Å². The number of rotatable bonds is 2. The van der Waals surface area contributed by atoms with Crippen molar-refractivity contribution in [2.24, 2.45) is 5.73 Å². The lowest BCUT2D eigenvalue weighted by Crippen LogP contribution is -2.00. The van der Waals surface area contributed by atoms with Crippen LogP contribution in [0, 0.1) is 5.82 Å². The quantitative estimate of drug-likeness (QED) is 0.787. The van der Waals surface area contributed by atoms with Gasteiger partial charge < -0.3 is 10.1 Å². The van der Waals surface area contributed by atoms with Crippen molar-refractivity contribution in [3.63, 3.8) is 0 Å². The summed E-state index contributed by atoms with van der Waals surface area (Å²) in [6.07, 6.45) is 3.55. The van der Waals surface area contributed by atoms with Crippen molar-refractivity contribution in [3.8, 4) is 11.1 Å². The van der Waals surface area contributed by atoms with Crippen LogP contribution in [0.25, 0.3) is 16.6 Å².